The van der Waals surface area contributed by atoms with Gasteiger partial charge in [0.2, 0.25) is 5.91 Å². The van der Waals surface area contributed by atoms with E-state index in [1.807, 2.05) is 24.3 Å². The number of hydrogen-bond donors (Lipinski definition) is 1. The average Bonchev–Trinajstić information content (AvgIpc) is 2.60. The first-order valence-corrected chi connectivity index (χ1v) is 8.38. The Hall–Kier alpha value is -2.63. The Morgan fingerprint density at radius 3 is 2.65 bits per heavy atom. The Morgan fingerprint density at radius 1 is 1.27 bits per heavy atom. The van der Waals surface area contributed by atoms with E-state index in [4.69, 9.17) is 4.99 Å². The Balaban J connectivity index is 1.80. The van der Waals surface area contributed by atoms with Crippen molar-refractivity contribution in [3.63, 3.8) is 0 Å². The minimum atomic E-state index is -4.38. The summed E-state index contributed by atoms with van der Waals surface area (Å²) in [5.74, 6) is -0.239. The third-order valence-corrected chi connectivity index (χ3v) is 4.39. The number of halogens is 3. The van der Waals surface area contributed by atoms with E-state index >= 15 is 0 Å². The maximum absolute atomic E-state index is 12.8. The number of carbonyl (C=O) groups is 1. The summed E-state index contributed by atoms with van der Waals surface area (Å²) in [6.07, 6.45) is 6.85. The molecule has 2 atom stereocenters. The number of nitrogens with one attached hydrogen (secondary N) is 1. The summed E-state index contributed by atoms with van der Waals surface area (Å²) in [5, 5.41) is 2.81. The highest BCUT2D eigenvalue weighted by molar-refractivity contribution is 5.97. The Labute approximate surface area is 150 Å². The summed E-state index contributed by atoms with van der Waals surface area (Å²) in [6.45, 7) is 1.39. The van der Waals surface area contributed by atoms with Gasteiger partial charge in [-0.1, -0.05) is 36.4 Å². The lowest BCUT2D eigenvalue weighted by Crippen LogP contribution is -2.29. The van der Waals surface area contributed by atoms with Crippen molar-refractivity contribution in [2.45, 2.75) is 38.0 Å². The minimum Gasteiger partial charge on any atom is -0.349 e. The number of dihydropyridines is 1. The van der Waals surface area contributed by atoms with E-state index in [-0.39, 0.29) is 11.9 Å². The molecule has 136 valence electrons. The molecule has 0 radical (unpaired) electrons. The van der Waals surface area contributed by atoms with Gasteiger partial charge in [-0.2, -0.15) is 13.2 Å². The van der Waals surface area contributed by atoms with Crippen LogP contribution in [0.1, 0.15) is 36.9 Å². The van der Waals surface area contributed by atoms with E-state index in [1.54, 1.807) is 0 Å². The molecule has 1 amide bonds. The summed E-state index contributed by atoms with van der Waals surface area (Å²) in [6, 6.07) is 4.54. The smallest absolute Gasteiger partial charge is 0.349 e. The van der Waals surface area contributed by atoms with Crippen molar-refractivity contribution in [2.75, 3.05) is 0 Å². The van der Waals surface area contributed by atoms with E-state index in [0.717, 1.165) is 29.8 Å². The van der Waals surface area contributed by atoms with Crippen LogP contribution in [-0.2, 0) is 11.0 Å². The summed E-state index contributed by atoms with van der Waals surface area (Å²) >= 11 is 0. The number of aliphatic imine (C=N–C) groups is 1. The minimum absolute atomic E-state index is 0.0746. The number of rotatable bonds is 4. The molecular weight excluding hydrogens is 341 g/mol. The van der Waals surface area contributed by atoms with Gasteiger partial charge in [-0.25, -0.2) is 0 Å². The monoisotopic (exact) mass is 360 g/mol. The third kappa shape index (κ3) is 4.31. The van der Waals surface area contributed by atoms with Crippen molar-refractivity contribution in [3.05, 3.63) is 71.3 Å². The number of fused-ring (bicyclic) bond motifs is 1. The van der Waals surface area contributed by atoms with Crippen molar-refractivity contribution >= 4 is 11.6 Å². The number of alkyl halides is 3. The van der Waals surface area contributed by atoms with Crippen molar-refractivity contribution < 1.29 is 18.0 Å². The lowest BCUT2D eigenvalue weighted by Gasteiger charge is -2.24. The quantitative estimate of drug-likeness (QED) is 0.842. The van der Waals surface area contributed by atoms with Crippen LogP contribution in [0.2, 0.25) is 0 Å². The van der Waals surface area contributed by atoms with Crippen LogP contribution in [0.5, 0.6) is 0 Å². The molecule has 1 aromatic rings. The van der Waals surface area contributed by atoms with Gasteiger partial charge in [0, 0.05) is 19.1 Å². The van der Waals surface area contributed by atoms with Crippen LogP contribution >= 0.6 is 0 Å². The lowest BCUT2D eigenvalue weighted by molar-refractivity contribution is -0.137. The molecule has 1 aliphatic heterocycles. The molecule has 1 aromatic carbocycles. The Morgan fingerprint density at radius 2 is 2.00 bits per heavy atom. The molecule has 3 nitrogen and oxygen atoms in total. The van der Waals surface area contributed by atoms with Gasteiger partial charge in [0.05, 0.1) is 17.6 Å². The van der Waals surface area contributed by atoms with Crippen LogP contribution in [0, 0.1) is 0 Å². The maximum Gasteiger partial charge on any atom is 0.416 e. The van der Waals surface area contributed by atoms with Gasteiger partial charge in [0.25, 0.3) is 0 Å². The zero-order valence-corrected chi connectivity index (χ0v) is 14.3. The molecule has 26 heavy (non-hydrogen) atoms. The molecule has 0 spiro atoms. The molecule has 0 bridgehead atoms. The number of allylic oxidation sites excluding steroid dienone is 3. The summed E-state index contributed by atoms with van der Waals surface area (Å²) in [7, 11) is 0. The average molecular weight is 360 g/mol. The highest BCUT2D eigenvalue weighted by Crippen LogP contribution is 2.31. The van der Waals surface area contributed by atoms with Gasteiger partial charge in [-0.15, -0.1) is 0 Å². The zero-order valence-electron chi connectivity index (χ0n) is 14.3. The fourth-order valence-electron chi connectivity index (χ4n) is 3.10. The number of benzene rings is 1. The van der Waals surface area contributed by atoms with Gasteiger partial charge in [-0.3, -0.25) is 9.79 Å². The summed E-state index contributed by atoms with van der Waals surface area (Å²) < 4.78 is 38.3. The number of amides is 1. The van der Waals surface area contributed by atoms with Crippen LogP contribution in [0.25, 0.3) is 0 Å². The molecule has 0 fully saturated rings. The van der Waals surface area contributed by atoms with Crippen molar-refractivity contribution in [1.29, 1.82) is 0 Å². The first kappa shape index (κ1) is 18.2. The second-order valence-electron chi connectivity index (χ2n) is 6.38. The molecular formula is C20H19F3N2O. The highest BCUT2D eigenvalue weighted by Gasteiger charge is 2.30. The van der Waals surface area contributed by atoms with Crippen LogP contribution in [-0.4, -0.2) is 17.7 Å². The molecule has 2 aliphatic rings. The Bertz CT molecular complexity index is 801. The second-order valence-corrected chi connectivity index (χ2v) is 6.38. The van der Waals surface area contributed by atoms with Gasteiger partial charge < -0.3 is 5.32 Å². The van der Waals surface area contributed by atoms with E-state index < -0.39 is 17.8 Å². The van der Waals surface area contributed by atoms with Crippen molar-refractivity contribution in [1.82, 2.24) is 5.32 Å². The topological polar surface area (TPSA) is 41.5 Å². The second kappa shape index (κ2) is 7.32. The SMILES string of the molecule is CC(=O)N[C@H](CC1=NC2CC=CC=C2C=C1)c1ccc(C(F)(F)F)cc1. The first-order valence-electron chi connectivity index (χ1n) is 8.38. The maximum atomic E-state index is 12.8. The third-order valence-electron chi connectivity index (χ3n) is 4.39. The predicted octanol–water partition coefficient (Wildman–Crippen LogP) is 4.54. The summed E-state index contributed by atoms with van der Waals surface area (Å²) in [4.78, 5) is 16.3. The molecule has 3 rings (SSSR count). The number of carbonyl (C=O) groups excluding carboxylic acids is 1. The van der Waals surface area contributed by atoms with Crippen LogP contribution in [0.4, 0.5) is 13.2 Å². The zero-order chi connectivity index (χ0) is 18.7. The fraction of sp³-hybridized carbons (Fsp3) is 0.300. The van der Waals surface area contributed by atoms with E-state index in [9.17, 15) is 18.0 Å². The summed E-state index contributed by atoms with van der Waals surface area (Å²) in [5.41, 5.74) is 1.87. The van der Waals surface area contributed by atoms with Gasteiger partial charge in [0.1, 0.15) is 0 Å². The molecule has 1 aliphatic carbocycles. The normalized spacial score (nSPS) is 20.1. The molecule has 1 heterocycles. The molecule has 0 aromatic heterocycles. The first-order chi connectivity index (χ1) is 12.3. The van der Waals surface area contributed by atoms with Crippen LogP contribution in [0.3, 0.4) is 0 Å². The highest BCUT2D eigenvalue weighted by atomic mass is 19.4. The van der Waals surface area contributed by atoms with E-state index in [0.29, 0.717) is 12.0 Å². The molecule has 0 saturated carbocycles. The standard InChI is InChI=1S/C20H19F3N2O/c1-13(26)24-19(15-6-9-16(10-7-15)20(21,22)23)12-17-11-8-14-4-2-3-5-18(14)25-17/h2-4,6-11,18-19H,5,12H2,1H3,(H,24,26)/t18?,19-/m1/s1. The number of hydrogen-bond acceptors (Lipinski definition) is 2. The fourth-order valence-corrected chi connectivity index (χ4v) is 3.10. The van der Waals surface area contributed by atoms with Gasteiger partial charge >= 0.3 is 6.18 Å². The van der Waals surface area contributed by atoms with E-state index in [1.165, 1.54) is 19.1 Å². The van der Waals surface area contributed by atoms with E-state index in [2.05, 4.69) is 11.4 Å². The largest absolute Gasteiger partial charge is 0.416 e. The molecule has 1 N–H and O–H groups in total. The Kier molecular flexibility index (Phi) is 5.11. The van der Waals surface area contributed by atoms with Gasteiger partial charge in [0.15, 0.2) is 0 Å². The van der Waals surface area contributed by atoms with Crippen molar-refractivity contribution in [3.8, 4) is 0 Å². The molecule has 0 saturated heterocycles. The van der Waals surface area contributed by atoms with Crippen LogP contribution < -0.4 is 5.32 Å². The molecule has 6 heteroatoms. The lowest BCUT2D eigenvalue weighted by atomic mass is 9.93. The van der Waals surface area contributed by atoms with Crippen LogP contribution in [0.15, 0.2) is 65.2 Å². The predicted molar refractivity (Wildman–Crippen MR) is 94.8 cm³/mol. The number of nitrogens with zero attached hydrogens (tertiary/aromatic N) is 1. The van der Waals surface area contributed by atoms with Crippen molar-refractivity contribution in [2.24, 2.45) is 4.99 Å². The van der Waals surface area contributed by atoms with Gasteiger partial charge in [-0.05, 0) is 35.8 Å². The molecule has 1 unspecified atom stereocenters.